The van der Waals surface area contributed by atoms with Crippen LogP contribution in [0.4, 0.5) is 5.82 Å². The van der Waals surface area contributed by atoms with Crippen molar-refractivity contribution in [2.45, 2.75) is 12.8 Å². The van der Waals surface area contributed by atoms with Gasteiger partial charge in [-0.3, -0.25) is 4.79 Å². The predicted octanol–water partition coefficient (Wildman–Crippen LogP) is 3.43. The van der Waals surface area contributed by atoms with Crippen LogP contribution in [0.2, 0.25) is 0 Å². The van der Waals surface area contributed by atoms with Gasteiger partial charge in [0, 0.05) is 11.9 Å². The second kappa shape index (κ2) is 7.90. The van der Waals surface area contributed by atoms with E-state index >= 15 is 0 Å². The van der Waals surface area contributed by atoms with Crippen LogP contribution in [-0.4, -0.2) is 22.2 Å². The molecule has 4 rings (SSSR count). The van der Waals surface area contributed by atoms with Crippen LogP contribution in [0, 0.1) is 11.3 Å². The number of nitrogen functional groups attached to an aromatic ring is 1. The zero-order valence-corrected chi connectivity index (χ0v) is 15.6. The van der Waals surface area contributed by atoms with Gasteiger partial charge in [-0.1, -0.05) is 36.4 Å². The van der Waals surface area contributed by atoms with Crippen LogP contribution in [0.5, 0.6) is 0 Å². The molecule has 29 heavy (non-hydrogen) atoms. The summed E-state index contributed by atoms with van der Waals surface area (Å²) in [7, 11) is 0. The van der Waals surface area contributed by atoms with Gasteiger partial charge in [0.25, 0.3) is 5.91 Å². The molecular formula is C22H19N5O2. The number of furan rings is 1. The molecule has 0 aliphatic rings. The number of amides is 1. The summed E-state index contributed by atoms with van der Waals surface area (Å²) in [4.78, 5) is 12.3. The highest BCUT2D eigenvalue weighted by molar-refractivity contribution is 5.96. The van der Waals surface area contributed by atoms with E-state index < -0.39 is 0 Å². The topological polar surface area (TPSA) is 110 Å². The molecule has 2 heterocycles. The largest absolute Gasteiger partial charge is 0.451 e. The molecule has 0 bridgehead atoms. The van der Waals surface area contributed by atoms with Gasteiger partial charge in [-0.25, -0.2) is 4.68 Å². The Balaban J connectivity index is 1.39. The van der Waals surface area contributed by atoms with E-state index in [2.05, 4.69) is 16.5 Å². The third-order valence-corrected chi connectivity index (χ3v) is 4.63. The zero-order chi connectivity index (χ0) is 20.2. The molecule has 4 aromatic rings. The highest BCUT2D eigenvalue weighted by atomic mass is 16.3. The number of aryl methyl sites for hydroxylation is 1. The molecule has 0 saturated carbocycles. The van der Waals surface area contributed by atoms with Gasteiger partial charge < -0.3 is 15.5 Å². The average Bonchev–Trinajstić information content (AvgIpc) is 3.32. The lowest BCUT2D eigenvalue weighted by atomic mass is 10.1. The molecule has 2 aromatic carbocycles. The Morgan fingerprint density at radius 3 is 2.69 bits per heavy atom. The lowest BCUT2D eigenvalue weighted by Gasteiger charge is -2.03. The lowest BCUT2D eigenvalue weighted by molar-refractivity contribution is 0.0927. The van der Waals surface area contributed by atoms with Crippen molar-refractivity contribution < 1.29 is 9.21 Å². The summed E-state index contributed by atoms with van der Waals surface area (Å²) in [5, 5.41) is 17.7. The maximum absolute atomic E-state index is 12.3. The van der Waals surface area contributed by atoms with Crippen LogP contribution in [0.25, 0.3) is 16.7 Å². The molecule has 0 saturated heterocycles. The Morgan fingerprint density at radius 1 is 1.17 bits per heavy atom. The minimum absolute atomic E-state index is 0.268. The second-order valence-corrected chi connectivity index (χ2v) is 6.57. The van der Waals surface area contributed by atoms with Crippen LogP contribution in [-0.2, 0) is 6.42 Å². The van der Waals surface area contributed by atoms with Crippen molar-refractivity contribution in [3.8, 4) is 11.8 Å². The lowest BCUT2D eigenvalue weighted by Crippen LogP contribution is -2.24. The first kappa shape index (κ1) is 18.3. The zero-order valence-electron chi connectivity index (χ0n) is 15.6. The number of anilines is 1. The maximum atomic E-state index is 12.3. The summed E-state index contributed by atoms with van der Waals surface area (Å²) in [6.07, 6.45) is 1.14. The van der Waals surface area contributed by atoms with Gasteiger partial charge in [0.1, 0.15) is 23.0 Å². The number of rotatable bonds is 6. The molecule has 0 radical (unpaired) electrons. The molecule has 0 aliphatic heterocycles. The van der Waals surface area contributed by atoms with Crippen LogP contribution in [0.15, 0.2) is 65.1 Å². The van der Waals surface area contributed by atoms with Crippen molar-refractivity contribution in [1.29, 1.82) is 5.26 Å². The van der Waals surface area contributed by atoms with E-state index in [0.717, 1.165) is 11.1 Å². The van der Waals surface area contributed by atoms with Crippen molar-refractivity contribution >= 4 is 22.7 Å². The van der Waals surface area contributed by atoms with Gasteiger partial charge >= 0.3 is 0 Å². The summed E-state index contributed by atoms with van der Waals surface area (Å²) >= 11 is 0. The molecule has 7 heteroatoms. The molecule has 144 valence electrons. The summed E-state index contributed by atoms with van der Waals surface area (Å²) in [5.41, 5.74) is 8.57. The molecule has 0 unspecified atom stereocenters. The highest BCUT2D eigenvalue weighted by Gasteiger charge is 2.16. The van der Waals surface area contributed by atoms with Gasteiger partial charge in [-0.2, -0.15) is 10.4 Å². The van der Waals surface area contributed by atoms with E-state index in [1.54, 1.807) is 10.7 Å². The fourth-order valence-corrected chi connectivity index (χ4v) is 3.18. The Kier molecular flexibility index (Phi) is 4.99. The summed E-state index contributed by atoms with van der Waals surface area (Å²) < 4.78 is 7.13. The monoisotopic (exact) mass is 385 g/mol. The first-order chi connectivity index (χ1) is 14.2. The number of carbonyl (C=O) groups is 1. The van der Waals surface area contributed by atoms with Crippen molar-refractivity contribution in [2.24, 2.45) is 0 Å². The molecule has 1 amide bonds. The van der Waals surface area contributed by atoms with Gasteiger partial charge in [0.2, 0.25) is 0 Å². The van der Waals surface area contributed by atoms with Crippen LogP contribution < -0.4 is 11.1 Å². The van der Waals surface area contributed by atoms with E-state index in [9.17, 15) is 10.1 Å². The second-order valence-electron chi connectivity index (χ2n) is 6.57. The quantitative estimate of drug-likeness (QED) is 0.494. The molecule has 0 aliphatic carbocycles. The van der Waals surface area contributed by atoms with Crippen LogP contribution in [0.1, 0.15) is 28.2 Å². The minimum Gasteiger partial charge on any atom is -0.451 e. The first-order valence-electron chi connectivity index (χ1n) is 9.27. The molecule has 2 aromatic heterocycles. The number of hydrogen-bond donors (Lipinski definition) is 2. The highest BCUT2D eigenvalue weighted by Crippen LogP contribution is 2.21. The van der Waals surface area contributed by atoms with E-state index in [0.29, 0.717) is 42.0 Å². The minimum atomic E-state index is -0.268. The SMILES string of the molecule is N#Cc1c(CCCNC(=O)c2cc3ccccc3o2)nn(-c2ccccc2)c1N. The van der Waals surface area contributed by atoms with Crippen molar-refractivity contribution in [3.63, 3.8) is 0 Å². The number of aromatic nitrogens is 2. The average molecular weight is 385 g/mol. The Hall–Kier alpha value is -4.05. The summed E-state index contributed by atoms with van der Waals surface area (Å²) in [6.45, 7) is 0.429. The van der Waals surface area contributed by atoms with Gasteiger partial charge in [-0.15, -0.1) is 0 Å². The van der Waals surface area contributed by atoms with Crippen molar-refractivity contribution in [2.75, 3.05) is 12.3 Å². The molecular weight excluding hydrogens is 366 g/mol. The smallest absolute Gasteiger partial charge is 0.287 e. The number of nitrogens with one attached hydrogen (secondary N) is 1. The molecule has 7 nitrogen and oxygen atoms in total. The van der Waals surface area contributed by atoms with E-state index in [1.165, 1.54) is 0 Å². The third-order valence-electron chi connectivity index (χ3n) is 4.63. The standard InChI is InChI=1S/C22H19N5O2/c23-14-17-18(26-27(21(17)24)16-8-2-1-3-9-16)10-6-12-25-22(28)20-13-15-7-4-5-11-19(15)29-20/h1-5,7-9,11,13H,6,10,12,24H2,(H,25,28). The molecule has 3 N–H and O–H groups in total. The number of hydrogen-bond acceptors (Lipinski definition) is 5. The van der Waals surface area contributed by atoms with E-state index in [-0.39, 0.29) is 11.7 Å². The van der Waals surface area contributed by atoms with Crippen LogP contribution in [0.3, 0.4) is 0 Å². The number of carbonyl (C=O) groups excluding carboxylic acids is 1. The third kappa shape index (κ3) is 3.69. The number of para-hydroxylation sites is 2. The summed E-state index contributed by atoms with van der Waals surface area (Å²) in [5.74, 6) is 0.331. The Labute approximate surface area is 167 Å². The van der Waals surface area contributed by atoms with Crippen molar-refractivity contribution in [3.05, 3.63) is 77.7 Å². The maximum Gasteiger partial charge on any atom is 0.287 e. The van der Waals surface area contributed by atoms with Gasteiger partial charge in [-0.05, 0) is 37.1 Å². The number of nitriles is 1. The molecule has 0 spiro atoms. The fraction of sp³-hybridized carbons (Fsp3) is 0.136. The number of fused-ring (bicyclic) bond motifs is 1. The Morgan fingerprint density at radius 2 is 1.93 bits per heavy atom. The first-order valence-corrected chi connectivity index (χ1v) is 9.27. The van der Waals surface area contributed by atoms with Gasteiger partial charge in [0.05, 0.1) is 11.4 Å². The van der Waals surface area contributed by atoms with Crippen LogP contribution >= 0.6 is 0 Å². The number of nitrogens with zero attached hydrogens (tertiary/aromatic N) is 3. The molecule has 0 fully saturated rings. The van der Waals surface area contributed by atoms with E-state index in [1.807, 2.05) is 54.6 Å². The Bertz CT molecular complexity index is 1170. The van der Waals surface area contributed by atoms with Crippen molar-refractivity contribution in [1.82, 2.24) is 15.1 Å². The van der Waals surface area contributed by atoms with Gasteiger partial charge in [0.15, 0.2) is 5.76 Å². The fourth-order valence-electron chi connectivity index (χ4n) is 3.18. The van der Waals surface area contributed by atoms with E-state index in [4.69, 9.17) is 10.2 Å². The number of nitrogens with two attached hydrogens (primary N) is 1. The molecule has 0 atom stereocenters. The normalized spacial score (nSPS) is 10.7. The number of benzene rings is 2. The predicted molar refractivity (Wildman–Crippen MR) is 110 cm³/mol. The summed E-state index contributed by atoms with van der Waals surface area (Å²) in [6, 6.07) is 20.8.